The van der Waals surface area contributed by atoms with Gasteiger partial charge in [0, 0.05) is 24.4 Å². The molecule has 1 aromatic carbocycles. The number of thioether (sulfide) groups is 1. The summed E-state index contributed by atoms with van der Waals surface area (Å²) in [5.74, 6) is 0. The van der Waals surface area contributed by atoms with Crippen molar-refractivity contribution < 1.29 is 4.79 Å². The summed E-state index contributed by atoms with van der Waals surface area (Å²) in [4.78, 5) is 16.3. The van der Waals surface area contributed by atoms with Crippen LogP contribution in [0.25, 0.3) is 0 Å². The fourth-order valence-corrected chi connectivity index (χ4v) is 3.49. The maximum Gasteiger partial charge on any atom is 0.315 e. The lowest BCUT2D eigenvalue weighted by Crippen LogP contribution is -2.36. The van der Waals surface area contributed by atoms with E-state index in [0.717, 1.165) is 24.8 Å². The Balaban J connectivity index is 2.25. The van der Waals surface area contributed by atoms with Crippen molar-refractivity contribution in [1.82, 2.24) is 10.6 Å². The van der Waals surface area contributed by atoms with Crippen molar-refractivity contribution in [3.8, 4) is 0 Å². The number of nitrogens with one attached hydrogen (secondary N) is 2. The zero-order valence-electron chi connectivity index (χ0n) is 15.5. The van der Waals surface area contributed by atoms with Crippen LogP contribution in [0.3, 0.4) is 0 Å². The van der Waals surface area contributed by atoms with Gasteiger partial charge in [-0.05, 0) is 37.5 Å². The predicted octanol–water partition coefficient (Wildman–Crippen LogP) is 4.81. The highest BCUT2D eigenvalue weighted by atomic mass is 35.5. The van der Waals surface area contributed by atoms with E-state index >= 15 is 0 Å². The van der Waals surface area contributed by atoms with Crippen LogP contribution >= 0.6 is 35.0 Å². The van der Waals surface area contributed by atoms with E-state index in [2.05, 4.69) is 36.4 Å². The van der Waals surface area contributed by atoms with Crippen LogP contribution in [-0.2, 0) is 6.54 Å². The maximum atomic E-state index is 11.9. The quantitative estimate of drug-likeness (QED) is 0.397. The zero-order valence-corrected chi connectivity index (χ0v) is 17.8. The van der Waals surface area contributed by atoms with Crippen LogP contribution < -0.4 is 16.4 Å². The van der Waals surface area contributed by atoms with Gasteiger partial charge in [-0.25, -0.2) is 4.79 Å². The number of nitrogens with two attached hydrogens (primary N) is 1. The summed E-state index contributed by atoms with van der Waals surface area (Å²) in [7, 11) is 0. The van der Waals surface area contributed by atoms with Crippen molar-refractivity contribution in [3.63, 3.8) is 0 Å². The van der Waals surface area contributed by atoms with Gasteiger partial charge in [0.2, 0.25) is 0 Å². The first-order chi connectivity index (χ1) is 12.3. The molecule has 0 fully saturated rings. The van der Waals surface area contributed by atoms with Crippen LogP contribution in [0.15, 0.2) is 23.2 Å². The Hall–Kier alpha value is -1.11. The molecule has 0 saturated heterocycles. The van der Waals surface area contributed by atoms with Gasteiger partial charge < -0.3 is 16.4 Å². The molecular weight excluding hydrogens is 391 g/mol. The lowest BCUT2D eigenvalue weighted by molar-refractivity contribution is 0.240. The summed E-state index contributed by atoms with van der Waals surface area (Å²) < 4.78 is 0. The normalized spacial score (nSPS) is 14.0. The number of nitrogens with zero attached hydrogens (tertiary/aromatic N) is 1. The number of aliphatic imine (C=N–C) groups is 1. The molecule has 1 rings (SSSR count). The fourth-order valence-electron chi connectivity index (χ4n) is 2.28. The van der Waals surface area contributed by atoms with Crippen LogP contribution in [0.1, 0.15) is 45.6 Å². The molecule has 0 aliphatic carbocycles. The number of carbonyl (C=O) groups is 1. The molecule has 8 heteroatoms. The Bertz CT molecular complexity index is 613. The SMILES string of the molecule is CCCC(C)N=C(N)SC(C)CCNC(=O)NCc1ccc(Cl)c(Cl)c1. The van der Waals surface area contributed by atoms with Gasteiger partial charge >= 0.3 is 6.03 Å². The van der Waals surface area contributed by atoms with Crippen LogP contribution in [-0.4, -0.2) is 29.0 Å². The summed E-state index contributed by atoms with van der Waals surface area (Å²) in [6.07, 6.45) is 2.94. The minimum absolute atomic E-state index is 0.216. The third kappa shape index (κ3) is 9.55. The van der Waals surface area contributed by atoms with Crippen LogP contribution in [0.5, 0.6) is 0 Å². The molecule has 1 aromatic rings. The summed E-state index contributed by atoms with van der Waals surface area (Å²) in [5, 5.41) is 7.50. The first-order valence-corrected chi connectivity index (χ1v) is 10.4. The first kappa shape index (κ1) is 22.9. The van der Waals surface area contributed by atoms with Gasteiger partial charge in [-0.2, -0.15) is 0 Å². The van der Waals surface area contributed by atoms with Gasteiger partial charge in [0.1, 0.15) is 0 Å². The highest BCUT2D eigenvalue weighted by Crippen LogP contribution is 2.22. The second-order valence-electron chi connectivity index (χ2n) is 6.18. The lowest BCUT2D eigenvalue weighted by Gasteiger charge is -2.13. The Morgan fingerprint density at radius 2 is 1.96 bits per heavy atom. The molecule has 0 aliphatic rings. The van der Waals surface area contributed by atoms with Crippen molar-refractivity contribution in [2.45, 2.75) is 57.9 Å². The number of urea groups is 1. The van der Waals surface area contributed by atoms with Gasteiger partial charge in [-0.3, -0.25) is 4.99 Å². The van der Waals surface area contributed by atoms with Gasteiger partial charge in [0.15, 0.2) is 5.17 Å². The van der Waals surface area contributed by atoms with Crippen LogP contribution in [0.2, 0.25) is 10.0 Å². The van der Waals surface area contributed by atoms with Crippen LogP contribution in [0, 0.1) is 0 Å². The van der Waals surface area contributed by atoms with E-state index in [1.807, 2.05) is 6.07 Å². The molecule has 4 N–H and O–H groups in total. The summed E-state index contributed by atoms with van der Waals surface area (Å²) in [6.45, 7) is 7.24. The Labute approximate surface area is 170 Å². The van der Waals surface area contributed by atoms with Crippen molar-refractivity contribution in [1.29, 1.82) is 0 Å². The molecule has 26 heavy (non-hydrogen) atoms. The monoisotopic (exact) mass is 418 g/mol. The van der Waals surface area contributed by atoms with E-state index in [-0.39, 0.29) is 17.3 Å². The average molecular weight is 419 g/mol. The minimum Gasteiger partial charge on any atom is -0.379 e. The minimum atomic E-state index is -0.216. The molecule has 5 nitrogen and oxygen atoms in total. The molecule has 2 atom stereocenters. The Kier molecular flexibility index (Phi) is 10.9. The van der Waals surface area contributed by atoms with Gasteiger partial charge in [-0.15, -0.1) is 0 Å². The van der Waals surface area contributed by atoms with E-state index in [1.165, 1.54) is 0 Å². The van der Waals surface area contributed by atoms with E-state index < -0.39 is 0 Å². The lowest BCUT2D eigenvalue weighted by atomic mass is 10.2. The first-order valence-electron chi connectivity index (χ1n) is 8.77. The zero-order chi connectivity index (χ0) is 19.5. The molecule has 2 amide bonds. The smallest absolute Gasteiger partial charge is 0.315 e. The van der Waals surface area contributed by atoms with E-state index in [1.54, 1.807) is 23.9 Å². The Morgan fingerprint density at radius 1 is 1.23 bits per heavy atom. The number of carbonyl (C=O) groups excluding carboxylic acids is 1. The van der Waals surface area contributed by atoms with E-state index in [0.29, 0.717) is 28.3 Å². The van der Waals surface area contributed by atoms with Gasteiger partial charge in [-0.1, -0.05) is 61.3 Å². The second-order valence-corrected chi connectivity index (χ2v) is 8.45. The fraction of sp³-hybridized carbons (Fsp3) is 0.556. The number of halogens is 2. The van der Waals surface area contributed by atoms with Crippen molar-refractivity contribution in [2.75, 3.05) is 6.54 Å². The third-order valence-corrected chi connectivity index (χ3v) is 5.37. The number of rotatable bonds is 9. The van der Waals surface area contributed by atoms with Crippen molar-refractivity contribution in [2.24, 2.45) is 10.7 Å². The predicted molar refractivity (Wildman–Crippen MR) is 114 cm³/mol. The molecular formula is C18H28Cl2N4OS. The molecule has 0 aromatic heterocycles. The Morgan fingerprint density at radius 3 is 2.62 bits per heavy atom. The standard InChI is InChI=1S/C18H28Cl2N4OS/c1-4-5-12(2)24-17(21)26-13(3)8-9-22-18(25)23-11-14-6-7-15(19)16(20)10-14/h6-7,10,12-13H,4-5,8-9,11H2,1-3H3,(H2,21,24)(H2,22,23,25). The molecule has 0 bridgehead atoms. The van der Waals surface area contributed by atoms with Crippen molar-refractivity contribution in [3.05, 3.63) is 33.8 Å². The number of benzene rings is 1. The van der Waals surface area contributed by atoms with Gasteiger partial charge in [0.05, 0.1) is 10.0 Å². The molecule has 0 saturated carbocycles. The number of amidine groups is 1. The number of hydrogen-bond acceptors (Lipinski definition) is 3. The van der Waals surface area contributed by atoms with Crippen LogP contribution in [0.4, 0.5) is 4.79 Å². The topological polar surface area (TPSA) is 79.5 Å². The van der Waals surface area contributed by atoms with Crippen molar-refractivity contribution >= 4 is 46.2 Å². The maximum absolute atomic E-state index is 11.9. The highest BCUT2D eigenvalue weighted by Gasteiger charge is 2.08. The van der Waals surface area contributed by atoms with Gasteiger partial charge in [0.25, 0.3) is 0 Å². The number of amides is 2. The molecule has 0 aliphatic heterocycles. The average Bonchev–Trinajstić information content (AvgIpc) is 2.55. The summed E-state index contributed by atoms with van der Waals surface area (Å²) >= 11 is 13.4. The summed E-state index contributed by atoms with van der Waals surface area (Å²) in [5.41, 5.74) is 6.86. The van der Waals surface area contributed by atoms with E-state index in [4.69, 9.17) is 28.9 Å². The molecule has 146 valence electrons. The molecule has 0 heterocycles. The largest absolute Gasteiger partial charge is 0.379 e. The summed E-state index contributed by atoms with van der Waals surface area (Å²) in [6, 6.07) is 5.32. The molecule has 0 spiro atoms. The van der Waals surface area contributed by atoms with E-state index in [9.17, 15) is 4.79 Å². The highest BCUT2D eigenvalue weighted by molar-refractivity contribution is 8.14. The second kappa shape index (κ2) is 12.3. The molecule has 2 unspecified atom stereocenters. The molecule has 0 radical (unpaired) electrons. The number of hydrogen-bond donors (Lipinski definition) is 3. The third-order valence-electron chi connectivity index (χ3n) is 3.65.